The van der Waals surface area contributed by atoms with E-state index < -0.39 is 0 Å². The van der Waals surface area contributed by atoms with Gasteiger partial charge in [-0.15, -0.1) is 0 Å². The van der Waals surface area contributed by atoms with Crippen molar-refractivity contribution in [2.45, 2.75) is 36.0 Å². The molecule has 2 N–H and O–H groups in total. The highest BCUT2D eigenvalue weighted by Crippen LogP contribution is 2.31. The van der Waals surface area contributed by atoms with Gasteiger partial charge in [0.2, 0.25) is 0 Å². The Morgan fingerprint density at radius 2 is 2.33 bits per heavy atom. The summed E-state index contributed by atoms with van der Waals surface area (Å²) in [5, 5.41) is 5.88. The van der Waals surface area contributed by atoms with Crippen LogP contribution in [0.15, 0.2) is 22.6 Å². The Labute approximate surface area is 110 Å². The maximum Gasteiger partial charge on any atom is 0.192 e. The summed E-state index contributed by atoms with van der Waals surface area (Å²) in [6.07, 6.45) is 4.96. The smallest absolute Gasteiger partial charge is 0.192 e. The van der Waals surface area contributed by atoms with E-state index in [-0.39, 0.29) is 0 Å². The van der Waals surface area contributed by atoms with E-state index in [1.165, 1.54) is 29.4 Å². The standard InChI is InChI=1S/C12H15N5S/c1-17-12(14-7-15-17)18-11-9(6-13)5-8-3-2-4-10(8)16-11/h5,7H,2-4,6,13H2,1H3. The van der Waals surface area contributed by atoms with Gasteiger partial charge in [-0.05, 0) is 42.2 Å². The minimum Gasteiger partial charge on any atom is -0.326 e. The molecule has 0 radical (unpaired) electrons. The average Bonchev–Trinajstić information content (AvgIpc) is 2.98. The van der Waals surface area contributed by atoms with Crippen molar-refractivity contribution in [2.24, 2.45) is 12.8 Å². The van der Waals surface area contributed by atoms with Crippen LogP contribution in [0.25, 0.3) is 0 Å². The molecule has 0 bridgehead atoms. The summed E-state index contributed by atoms with van der Waals surface area (Å²) in [5.41, 5.74) is 9.49. The lowest BCUT2D eigenvalue weighted by Gasteiger charge is -2.09. The number of nitrogens with two attached hydrogens (primary N) is 1. The van der Waals surface area contributed by atoms with Crippen molar-refractivity contribution in [3.63, 3.8) is 0 Å². The minimum atomic E-state index is 0.514. The van der Waals surface area contributed by atoms with Crippen LogP contribution in [0.4, 0.5) is 0 Å². The van der Waals surface area contributed by atoms with E-state index in [0.717, 1.165) is 28.6 Å². The molecule has 94 valence electrons. The molecule has 0 fully saturated rings. The monoisotopic (exact) mass is 261 g/mol. The number of hydrogen-bond acceptors (Lipinski definition) is 5. The first-order chi connectivity index (χ1) is 8.78. The molecule has 1 aliphatic rings. The zero-order valence-electron chi connectivity index (χ0n) is 10.3. The van der Waals surface area contributed by atoms with Crippen LogP contribution in [-0.4, -0.2) is 19.7 Å². The summed E-state index contributed by atoms with van der Waals surface area (Å²) < 4.78 is 1.75. The van der Waals surface area contributed by atoms with Gasteiger partial charge in [0, 0.05) is 19.3 Å². The minimum absolute atomic E-state index is 0.514. The van der Waals surface area contributed by atoms with Crippen LogP contribution in [0, 0.1) is 0 Å². The Morgan fingerprint density at radius 1 is 1.44 bits per heavy atom. The topological polar surface area (TPSA) is 69.6 Å². The largest absolute Gasteiger partial charge is 0.326 e. The van der Waals surface area contributed by atoms with Crippen LogP contribution in [0.3, 0.4) is 0 Å². The second-order valence-corrected chi connectivity index (χ2v) is 5.34. The zero-order valence-corrected chi connectivity index (χ0v) is 11.1. The molecule has 5 nitrogen and oxygen atoms in total. The van der Waals surface area contributed by atoms with Gasteiger partial charge in [-0.1, -0.05) is 6.07 Å². The maximum atomic E-state index is 5.82. The third kappa shape index (κ3) is 2.02. The molecule has 3 rings (SSSR count). The zero-order chi connectivity index (χ0) is 12.5. The van der Waals surface area contributed by atoms with Crippen LogP contribution in [0.1, 0.15) is 23.2 Å². The van der Waals surface area contributed by atoms with Gasteiger partial charge in [0.05, 0.1) is 0 Å². The average molecular weight is 261 g/mol. The number of aryl methyl sites for hydroxylation is 3. The van der Waals surface area contributed by atoms with E-state index in [2.05, 4.69) is 16.1 Å². The summed E-state index contributed by atoms with van der Waals surface area (Å²) in [5.74, 6) is 0. The van der Waals surface area contributed by atoms with Gasteiger partial charge < -0.3 is 5.73 Å². The molecule has 0 unspecified atom stereocenters. The molecule has 2 aromatic heterocycles. The van der Waals surface area contributed by atoms with Crippen molar-refractivity contribution in [3.05, 3.63) is 29.2 Å². The highest BCUT2D eigenvalue weighted by Gasteiger charge is 2.17. The summed E-state index contributed by atoms with van der Waals surface area (Å²) in [6, 6.07) is 2.20. The van der Waals surface area contributed by atoms with Gasteiger partial charge in [0.15, 0.2) is 5.16 Å². The van der Waals surface area contributed by atoms with Gasteiger partial charge in [0.25, 0.3) is 0 Å². The molecule has 18 heavy (non-hydrogen) atoms. The molecule has 0 aliphatic heterocycles. The lowest BCUT2D eigenvalue weighted by atomic mass is 10.1. The quantitative estimate of drug-likeness (QED) is 0.902. The van der Waals surface area contributed by atoms with Crippen LogP contribution in [0.2, 0.25) is 0 Å². The molecule has 2 heterocycles. The van der Waals surface area contributed by atoms with E-state index in [0.29, 0.717) is 6.54 Å². The number of aromatic nitrogens is 4. The van der Waals surface area contributed by atoms with Crippen molar-refractivity contribution in [2.75, 3.05) is 0 Å². The van der Waals surface area contributed by atoms with Crippen LogP contribution in [-0.2, 0) is 26.4 Å². The van der Waals surface area contributed by atoms with Gasteiger partial charge in [0.1, 0.15) is 11.4 Å². The Kier molecular flexibility index (Phi) is 3.05. The fourth-order valence-electron chi connectivity index (χ4n) is 2.20. The van der Waals surface area contributed by atoms with Crippen molar-refractivity contribution in [1.29, 1.82) is 0 Å². The van der Waals surface area contributed by atoms with Gasteiger partial charge in [-0.25, -0.2) is 14.6 Å². The first-order valence-corrected chi connectivity index (χ1v) is 6.83. The fraction of sp³-hybridized carbons (Fsp3) is 0.417. The van der Waals surface area contributed by atoms with E-state index in [1.807, 2.05) is 7.05 Å². The number of pyridine rings is 1. The normalized spacial score (nSPS) is 13.9. The molecule has 0 aromatic carbocycles. The predicted molar refractivity (Wildman–Crippen MR) is 69.3 cm³/mol. The summed E-state index contributed by atoms with van der Waals surface area (Å²) in [7, 11) is 1.88. The van der Waals surface area contributed by atoms with Gasteiger partial charge in [-0.2, -0.15) is 5.10 Å². The summed E-state index contributed by atoms with van der Waals surface area (Å²) in [6.45, 7) is 0.514. The van der Waals surface area contributed by atoms with Crippen LogP contribution in [0.5, 0.6) is 0 Å². The molecular weight excluding hydrogens is 246 g/mol. The second-order valence-electron chi connectivity index (χ2n) is 4.38. The van der Waals surface area contributed by atoms with E-state index in [4.69, 9.17) is 10.7 Å². The number of fused-ring (bicyclic) bond motifs is 1. The first-order valence-electron chi connectivity index (χ1n) is 6.01. The molecule has 0 amide bonds. The van der Waals surface area contributed by atoms with Crippen molar-refractivity contribution >= 4 is 11.8 Å². The first kappa shape index (κ1) is 11.7. The molecule has 1 aliphatic carbocycles. The van der Waals surface area contributed by atoms with Crippen molar-refractivity contribution < 1.29 is 0 Å². The Bertz CT molecular complexity index is 578. The Morgan fingerprint density at radius 3 is 3.06 bits per heavy atom. The third-order valence-corrected chi connectivity index (χ3v) is 4.27. The van der Waals surface area contributed by atoms with E-state index >= 15 is 0 Å². The molecule has 2 aromatic rings. The van der Waals surface area contributed by atoms with E-state index in [9.17, 15) is 0 Å². The molecule has 0 spiro atoms. The summed E-state index contributed by atoms with van der Waals surface area (Å²) in [4.78, 5) is 8.96. The van der Waals surface area contributed by atoms with Crippen LogP contribution < -0.4 is 5.73 Å². The summed E-state index contributed by atoms with van der Waals surface area (Å²) >= 11 is 1.54. The Hall–Kier alpha value is -1.40. The van der Waals surface area contributed by atoms with E-state index in [1.54, 1.807) is 11.0 Å². The lowest BCUT2D eigenvalue weighted by Crippen LogP contribution is -2.04. The van der Waals surface area contributed by atoms with Gasteiger partial charge >= 0.3 is 0 Å². The molecule has 0 atom stereocenters. The van der Waals surface area contributed by atoms with Crippen LogP contribution >= 0.6 is 11.8 Å². The SMILES string of the molecule is Cn1ncnc1Sc1nc2c(cc1CN)CCC2. The Balaban J connectivity index is 1.98. The molecule has 6 heteroatoms. The predicted octanol–water partition coefficient (Wildman–Crippen LogP) is 1.31. The maximum absolute atomic E-state index is 5.82. The highest BCUT2D eigenvalue weighted by molar-refractivity contribution is 7.99. The second kappa shape index (κ2) is 4.70. The van der Waals surface area contributed by atoms with Gasteiger partial charge in [-0.3, -0.25) is 0 Å². The van der Waals surface area contributed by atoms with Crippen molar-refractivity contribution in [1.82, 2.24) is 19.7 Å². The number of hydrogen-bond donors (Lipinski definition) is 1. The van der Waals surface area contributed by atoms with Crippen molar-refractivity contribution in [3.8, 4) is 0 Å². The number of nitrogens with zero attached hydrogens (tertiary/aromatic N) is 4. The lowest BCUT2D eigenvalue weighted by molar-refractivity contribution is 0.684. The third-order valence-electron chi connectivity index (χ3n) is 3.17. The molecular formula is C12H15N5S. The highest BCUT2D eigenvalue weighted by atomic mass is 32.2. The molecule has 0 saturated carbocycles. The fourth-order valence-corrected chi connectivity index (χ4v) is 3.08. The number of rotatable bonds is 3. The molecule has 0 saturated heterocycles.